The number of anilines is 1. The summed E-state index contributed by atoms with van der Waals surface area (Å²) < 4.78 is 0. The highest BCUT2D eigenvalue weighted by Gasteiger charge is 2.24. The van der Waals surface area contributed by atoms with Gasteiger partial charge < -0.3 is 14.9 Å². The lowest BCUT2D eigenvalue weighted by molar-refractivity contribution is -0.137. The largest absolute Gasteiger partial charge is 0.480 e. The highest BCUT2D eigenvalue weighted by Crippen LogP contribution is 2.28. The zero-order valence-corrected chi connectivity index (χ0v) is 13.7. The Morgan fingerprint density at radius 3 is 2.61 bits per heavy atom. The van der Waals surface area contributed by atoms with E-state index >= 15 is 0 Å². The number of carbonyl (C=O) groups excluding carboxylic acids is 2. The summed E-state index contributed by atoms with van der Waals surface area (Å²) in [6.45, 7) is 3.96. The zero-order chi connectivity index (χ0) is 17.1. The lowest BCUT2D eigenvalue weighted by atomic mass is 9.98. The second kappa shape index (κ2) is 6.81. The van der Waals surface area contributed by atoms with E-state index in [0.717, 1.165) is 11.3 Å². The van der Waals surface area contributed by atoms with E-state index < -0.39 is 5.97 Å². The van der Waals surface area contributed by atoms with Crippen molar-refractivity contribution in [3.8, 4) is 0 Å². The van der Waals surface area contributed by atoms with Gasteiger partial charge in [-0.05, 0) is 36.1 Å². The molecule has 0 bridgehead atoms. The van der Waals surface area contributed by atoms with E-state index in [0.29, 0.717) is 24.9 Å². The Morgan fingerprint density at radius 1 is 1.30 bits per heavy atom. The molecule has 0 saturated heterocycles. The number of carboxylic acids is 1. The minimum atomic E-state index is -1.03. The number of hydrogen-bond acceptors (Lipinski definition) is 3. The first-order valence-electron chi connectivity index (χ1n) is 7.70. The maximum absolute atomic E-state index is 12.6. The Balaban J connectivity index is 2.27. The maximum Gasteiger partial charge on any atom is 0.323 e. The first-order valence-corrected chi connectivity index (χ1v) is 7.70. The Hall–Kier alpha value is -2.37. The highest BCUT2D eigenvalue weighted by molar-refractivity contribution is 5.99. The van der Waals surface area contributed by atoms with Crippen LogP contribution in [-0.2, 0) is 16.0 Å². The number of fused-ring (bicyclic) bond motifs is 1. The molecule has 1 heterocycles. The molecule has 23 heavy (non-hydrogen) atoms. The van der Waals surface area contributed by atoms with Gasteiger partial charge in [-0.2, -0.15) is 0 Å². The van der Waals surface area contributed by atoms with E-state index in [1.807, 2.05) is 13.8 Å². The van der Waals surface area contributed by atoms with Crippen molar-refractivity contribution in [2.45, 2.75) is 26.7 Å². The number of amides is 2. The van der Waals surface area contributed by atoms with Crippen LogP contribution in [-0.4, -0.2) is 47.9 Å². The molecule has 6 nitrogen and oxygen atoms in total. The van der Waals surface area contributed by atoms with Crippen molar-refractivity contribution in [1.82, 2.24) is 4.90 Å². The van der Waals surface area contributed by atoms with E-state index in [4.69, 9.17) is 5.11 Å². The second-order valence-corrected chi connectivity index (χ2v) is 6.27. The van der Waals surface area contributed by atoms with E-state index in [2.05, 4.69) is 0 Å². The molecule has 0 radical (unpaired) electrons. The molecule has 2 rings (SSSR count). The Morgan fingerprint density at radius 2 is 2.00 bits per heavy atom. The van der Waals surface area contributed by atoms with Gasteiger partial charge in [0.25, 0.3) is 5.91 Å². The van der Waals surface area contributed by atoms with Gasteiger partial charge in [-0.1, -0.05) is 13.8 Å². The van der Waals surface area contributed by atoms with Crippen molar-refractivity contribution in [3.63, 3.8) is 0 Å². The first kappa shape index (κ1) is 17.0. The van der Waals surface area contributed by atoms with Gasteiger partial charge in [-0.15, -0.1) is 0 Å². The standard InChI is InChI=1S/C17H22N2O4/c1-11(2)9-19(10-16(21)22)17(23)13-4-6-14-12(8-13)5-7-15(20)18(14)3/h4,6,8,11H,5,7,9-10H2,1-3H3,(H,21,22). The van der Waals surface area contributed by atoms with E-state index in [1.54, 1.807) is 30.1 Å². The average Bonchev–Trinajstić information content (AvgIpc) is 2.48. The molecule has 1 aliphatic rings. The van der Waals surface area contributed by atoms with Crippen molar-refractivity contribution < 1.29 is 19.5 Å². The third kappa shape index (κ3) is 3.88. The number of carboxylic acid groups (broad SMARTS) is 1. The second-order valence-electron chi connectivity index (χ2n) is 6.27. The van der Waals surface area contributed by atoms with Gasteiger partial charge in [0, 0.05) is 31.3 Å². The molecule has 0 unspecified atom stereocenters. The quantitative estimate of drug-likeness (QED) is 0.897. The van der Waals surface area contributed by atoms with Crippen LogP contribution in [0.2, 0.25) is 0 Å². The van der Waals surface area contributed by atoms with Crippen molar-refractivity contribution in [2.75, 3.05) is 25.0 Å². The predicted molar refractivity (Wildman–Crippen MR) is 86.6 cm³/mol. The molecule has 0 atom stereocenters. The first-order chi connectivity index (χ1) is 10.8. The summed E-state index contributed by atoms with van der Waals surface area (Å²) in [5.74, 6) is -1.07. The summed E-state index contributed by atoms with van der Waals surface area (Å²) in [4.78, 5) is 38.3. The minimum Gasteiger partial charge on any atom is -0.480 e. The number of rotatable bonds is 5. The summed E-state index contributed by atoms with van der Waals surface area (Å²) in [6.07, 6.45) is 1.02. The third-order valence-corrected chi connectivity index (χ3v) is 3.87. The van der Waals surface area contributed by atoms with Gasteiger partial charge in [0.1, 0.15) is 6.54 Å². The molecule has 1 aromatic carbocycles. The molecule has 0 saturated carbocycles. The van der Waals surface area contributed by atoms with Crippen LogP contribution in [0.25, 0.3) is 0 Å². The molecule has 1 aliphatic heterocycles. The number of aliphatic carboxylic acids is 1. The Kier molecular flexibility index (Phi) is 5.03. The number of nitrogens with zero attached hydrogens (tertiary/aromatic N) is 2. The fourth-order valence-corrected chi connectivity index (χ4v) is 2.80. The van der Waals surface area contributed by atoms with Crippen molar-refractivity contribution in [1.29, 1.82) is 0 Å². The third-order valence-electron chi connectivity index (χ3n) is 3.87. The Bertz CT molecular complexity index is 639. The number of benzene rings is 1. The van der Waals surface area contributed by atoms with Gasteiger partial charge in [-0.3, -0.25) is 14.4 Å². The molecule has 0 spiro atoms. The molecule has 0 aromatic heterocycles. The fourth-order valence-electron chi connectivity index (χ4n) is 2.80. The lowest BCUT2D eigenvalue weighted by Crippen LogP contribution is -2.38. The van der Waals surface area contributed by atoms with Crippen LogP contribution in [0.3, 0.4) is 0 Å². The maximum atomic E-state index is 12.6. The van der Waals surface area contributed by atoms with Crippen LogP contribution in [0.4, 0.5) is 5.69 Å². The van der Waals surface area contributed by atoms with Gasteiger partial charge in [0.05, 0.1) is 0 Å². The lowest BCUT2D eigenvalue weighted by Gasteiger charge is -2.27. The molecule has 1 aromatic rings. The van der Waals surface area contributed by atoms with Crippen molar-refractivity contribution in [2.24, 2.45) is 5.92 Å². The Labute approximate surface area is 135 Å². The van der Waals surface area contributed by atoms with Gasteiger partial charge in [-0.25, -0.2) is 0 Å². The molecule has 0 aliphatic carbocycles. The monoisotopic (exact) mass is 318 g/mol. The van der Waals surface area contributed by atoms with Gasteiger partial charge in [0.15, 0.2) is 0 Å². The number of carbonyl (C=O) groups is 3. The number of hydrogen-bond donors (Lipinski definition) is 1. The zero-order valence-electron chi connectivity index (χ0n) is 13.7. The average molecular weight is 318 g/mol. The van der Waals surface area contributed by atoms with Gasteiger partial charge >= 0.3 is 5.97 Å². The molecule has 1 N–H and O–H groups in total. The molecular weight excluding hydrogens is 296 g/mol. The van der Waals surface area contributed by atoms with Crippen LogP contribution in [0, 0.1) is 5.92 Å². The normalized spacial score (nSPS) is 13.9. The van der Waals surface area contributed by atoms with E-state index in [-0.39, 0.29) is 24.3 Å². The summed E-state index contributed by atoms with van der Waals surface area (Å²) >= 11 is 0. The fraction of sp³-hybridized carbons (Fsp3) is 0.471. The molecule has 2 amide bonds. The predicted octanol–water partition coefficient (Wildman–Crippen LogP) is 1.78. The summed E-state index contributed by atoms with van der Waals surface area (Å²) in [6, 6.07) is 5.19. The minimum absolute atomic E-state index is 0.0592. The molecule has 0 fully saturated rings. The van der Waals surface area contributed by atoms with Crippen LogP contribution < -0.4 is 4.90 Å². The molecule has 6 heteroatoms. The van der Waals surface area contributed by atoms with E-state index in [9.17, 15) is 14.4 Å². The van der Waals surface area contributed by atoms with Crippen molar-refractivity contribution in [3.05, 3.63) is 29.3 Å². The van der Waals surface area contributed by atoms with Crippen LogP contribution in [0.5, 0.6) is 0 Å². The molecular formula is C17H22N2O4. The summed E-state index contributed by atoms with van der Waals surface area (Å²) in [5, 5.41) is 9.01. The van der Waals surface area contributed by atoms with Crippen LogP contribution in [0.1, 0.15) is 36.2 Å². The summed E-state index contributed by atoms with van der Waals surface area (Å²) in [5.41, 5.74) is 2.22. The highest BCUT2D eigenvalue weighted by atomic mass is 16.4. The van der Waals surface area contributed by atoms with Crippen LogP contribution >= 0.6 is 0 Å². The topological polar surface area (TPSA) is 77.9 Å². The van der Waals surface area contributed by atoms with E-state index in [1.165, 1.54) is 4.90 Å². The van der Waals surface area contributed by atoms with Gasteiger partial charge in [0.2, 0.25) is 5.91 Å². The van der Waals surface area contributed by atoms with Crippen molar-refractivity contribution >= 4 is 23.5 Å². The van der Waals surface area contributed by atoms with Crippen LogP contribution in [0.15, 0.2) is 18.2 Å². The molecule has 124 valence electrons. The number of aryl methyl sites for hydroxylation is 1. The SMILES string of the molecule is CC(C)CN(CC(=O)O)C(=O)c1ccc2c(c1)CCC(=O)N2C. The smallest absolute Gasteiger partial charge is 0.323 e. The summed E-state index contributed by atoms with van der Waals surface area (Å²) in [7, 11) is 1.72.